The van der Waals surface area contributed by atoms with E-state index in [4.69, 9.17) is 21.1 Å². The van der Waals surface area contributed by atoms with Crippen molar-refractivity contribution in [1.82, 2.24) is 0 Å². The van der Waals surface area contributed by atoms with Crippen LogP contribution >= 0.6 is 11.6 Å². The average Bonchev–Trinajstić information content (AvgIpc) is 2.66. The monoisotopic (exact) mass is 412 g/mol. The number of hydrogen-bond donors (Lipinski definition) is 0. The number of methoxy groups -OCH3 is 2. The summed E-state index contributed by atoms with van der Waals surface area (Å²) < 4.78 is 37.8. The molecule has 0 aliphatic heterocycles. The Balaban J connectivity index is 2.62. The van der Waals surface area contributed by atoms with Gasteiger partial charge in [-0.15, -0.1) is 6.58 Å². The molecule has 0 saturated carbocycles. The minimum atomic E-state index is -4.07. The molecule has 0 radical (unpaired) electrons. The molecular formula is C17H17ClN2O6S. The number of nitrogens with zero attached hydrogens (tertiary/aromatic N) is 2. The average molecular weight is 413 g/mol. The second kappa shape index (κ2) is 8.28. The number of non-ortho nitro benzene ring substituents is 1. The summed E-state index contributed by atoms with van der Waals surface area (Å²) in [5, 5.41) is 11.0. The van der Waals surface area contributed by atoms with Gasteiger partial charge in [0.05, 0.1) is 41.3 Å². The topological polar surface area (TPSA) is 99.0 Å². The number of halogens is 1. The van der Waals surface area contributed by atoms with E-state index in [-0.39, 0.29) is 39.3 Å². The zero-order chi connectivity index (χ0) is 20.2. The van der Waals surface area contributed by atoms with E-state index in [1.807, 2.05) is 0 Å². The molecule has 10 heteroatoms. The Bertz CT molecular complexity index is 960. The third-order valence-electron chi connectivity index (χ3n) is 3.65. The Labute approximate surface area is 161 Å². The minimum absolute atomic E-state index is 0.0690. The van der Waals surface area contributed by atoms with Crippen LogP contribution in [-0.2, 0) is 10.0 Å². The van der Waals surface area contributed by atoms with Crippen LogP contribution in [0.15, 0.2) is 53.9 Å². The lowest BCUT2D eigenvalue weighted by Gasteiger charge is -2.25. The first-order valence-electron chi connectivity index (χ1n) is 7.55. The van der Waals surface area contributed by atoms with E-state index in [1.54, 1.807) is 0 Å². The molecule has 0 fully saturated rings. The lowest BCUT2D eigenvalue weighted by Crippen LogP contribution is -2.31. The fourth-order valence-electron chi connectivity index (χ4n) is 2.35. The summed E-state index contributed by atoms with van der Waals surface area (Å²) in [5.41, 5.74) is -0.0213. The molecule has 0 saturated heterocycles. The van der Waals surface area contributed by atoms with Gasteiger partial charge in [0, 0.05) is 24.3 Å². The van der Waals surface area contributed by atoms with Crippen molar-refractivity contribution in [3.8, 4) is 11.5 Å². The normalized spacial score (nSPS) is 10.9. The fraction of sp³-hybridized carbons (Fsp3) is 0.176. The molecule has 0 atom stereocenters. The molecule has 144 valence electrons. The molecule has 0 unspecified atom stereocenters. The number of rotatable bonds is 8. The molecule has 2 aromatic carbocycles. The van der Waals surface area contributed by atoms with Gasteiger partial charge >= 0.3 is 0 Å². The number of anilines is 1. The largest absolute Gasteiger partial charge is 0.495 e. The second-order valence-electron chi connectivity index (χ2n) is 5.23. The van der Waals surface area contributed by atoms with Crippen molar-refractivity contribution in [2.45, 2.75) is 4.90 Å². The quantitative estimate of drug-likeness (QED) is 0.373. The molecule has 0 heterocycles. The molecule has 27 heavy (non-hydrogen) atoms. The zero-order valence-electron chi connectivity index (χ0n) is 14.6. The van der Waals surface area contributed by atoms with Crippen LogP contribution < -0.4 is 13.8 Å². The van der Waals surface area contributed by atoms with Crippen molar-refractivity contribution in [3.63, 3.8) is 0 Å². The zero-order valence-corrected chi connectivity index (χ0v) is 16.2. The summed E-state index contributed by atoms with van der Waals surface area (Å²) in [6.45, 7) is 3.52. The Hall–Kier alpha value is -2.78. The summed E-state index contributed by atoms with van der Waals surface area (Å²) in [6, 6.07) is 7.47. The van der Waals surface area contributed by atoms with Crippen molar-refractivity contribution in [1.29, 1.82) is 0 Å². The third kappa shape index (κ3) is 4.15. The maximum absolute atomic E-state index is 13.1. The van der Waals surface area contributed by atoms with Gasteiger partial charge < -0.3 is 9.47 Å². The van der Waals surface area contributed by atoms with Crippen molar-refractivity contribution in [3.05, 3.63) is 64.2 Å². The molecule has 0 bridgehead atoms. The van der Waals surface area contributed by atoms with Crippen molar-refractivity contribution >= 4 is 33.0 Å². The molecule has 0 N–H and O–H groups in total. The number of hydrogen-bond acceptors (Lipinski definition) is 6. The summed E-state index contributed by atoms with van der Waals surface area (Å²) in [4.78, 5) is 10.1. The number of sulfonamides is 1. The lowest BCUT2D eigenvalue weighted by molar-refractivity contribution is -0.384. The van der Waals surface area contributed by atoms with Gasteiger partial charge in [0.25, 0.3) is 15.7 Å². The van der Waals surface area contributed by atoms with Crippen molar-refractivity contribution in [2.24, 2.45) is 0 Å². The maximum atomic E-state index is 13.1. The van der Waals surface area contributed by atoms with Gasteiger partial charge in [-0.1, -0.05) is 17.7 Å². The number of benzene rings is 2. The first-order chi connectivity index (χ1) is 12.8. The third-order valence-corrected chi connectivity index (χ3v) is 5.74. The smallest absolute Gasteiger partial charge is 0.269 e. The Morgan fingerprint density at radius 2 is 1.78 bits per heavy atom. The van der Waals surface area contributed by atoms with Gasteiger partial charge in [0.2, 0.25) is 0 Å². The molecule has 0 spiro atoms. The summed E-state index contributed by atoms with van der Waals surface area (Å²) in [7, 11) is -1.28. The molecule has 0 aliphatic carbocycles. The van der Waals surface area contributed by atoms with E-state index < -0.39 is 14.9 Å². The molecule has 8 nitrogen and oxygen atoms in total. The number of ether oxygens (including phenoxy) is 2. The molecule has 2 aromatic rings. The van der Waals surface area contributed by atoms with Gasteiger partial charge in [-0.05, 0) is 12.1 Å². The summed E-state index contributed by atoms with van der Waals surface area (Å²) in [5.74, 6) is 0.480. The van der Waals surface area contributed by atoms with E-state index in [2.05, 4.69) is 6.58 Å². The Morgan fingerprint density at radius 3 is 2.26 bits per heavy atom. The highest BCUT2D eigenvalue weighted by Gasteiger charge is 2.28. The Morgan fingerprint density at radius 1 is 1.19 bits per heavy atom. The second-order valence-corrected chi connectivity index (χ2v) is 7.50. The highest BCUT2D eigenvalue weighted by atomic mass is 35.5. The van der Waals surface area contributed by atoms with Crippen LogP contribution in [0.25, 0.3) is 0 Å². The maximum Gasteiger partial charge on any atom is 0.269 e. The van der Waals surface area contributed by atoms with E-state index in [0.717, 1.165) is 16.4 Å². The predicted molar refractivity (Wildman–Crippen MR) is 102 cm³/mol. The van der Waals surface area contributed by atoms with Crippen LogP contribution in [0.1, 0.15) is 0 Å². The van der Waals surface area contributed by atoms with Crippen molar-refractivity contribution < 1.29 is 22.8 Å². The highest BCUT2D eigenvalue weighted by Crippen LogP contribution is 2.40. The van der Waals surface area contributed by atoms with E-state index >= 15 is 0 Å². The lowest BCUT2D eigenvalue weighted by atomic mass is 10.2. The van der Waals surface area contributed by atoms with Crippen LogP contribution in [0.5, 0.6) is 11.5 Å². The van der Waals surface area contributed by atoms with Crippen LogP contribution in [-0.4, -0.2) is 34.1 Å². The predicted octanol–water partition coefficient (Wildman–Crippen LogP) is 3.65. The molecular weight excluding hydrogens is 396 g/mol. The van der Waals surface area contributed by atoms with E-state index in [1.165, 1.54) is 44.6 Å². The molecule has 2 rings (SSSR count). The number of nitro groups is 1. The van der Waals surface area contributed by atoms with Crippen LogP contribution in [0.4, 0.5) is 11.4 Å². The van der Waals surface area contributed by atoms with Gasteiger partial charge in [0.1, 0.15) is 11.5 Å². The Kier molecular flexibility index (Phi) is 6.29. The van der Waals surface area contributed by atoms with E-state index in [0.29, 0.717) is 0 Å². The highest BCUT2D eigenvalue weighted by molar-refractivity contribution is 7.92. The minimum Gasteiger partial charge on any atom is -0.495 e. The molecule has 0 aliphatic rings. The van der Waals surface area contributed by atoms with Crippen LogP contribution in [0, 0.1) is 10.1 Å². The summed E-state index contributed by atoms with van der Waals surface area (Å²) in [6.07, 6.45) is 1.41. The van der Waals surface area contributed by atoms with Gasteiger partial charge in [0.15, 0.2) is 0 Å². The van der Waals surface area contributed by atoms with Gasteiger partial charge in [-0.3, -0.25) is 14.4 Å². The summed E-state index contributed by atoms with van der Waals surface area (Å²) >= 11 is 6.08. The molecule has 0 amide bonds. The standard InChI is InChI=1S/C17H17ClN2O6S/c1-4-9-19(15-11-16(25-2)14(18)10-17(15)26-3)27(23,24)13-7-5-12(6-8-13)20(21)22/h4-8,10-11H,1,9H2,2-3H3. The van der Waals surface area contributed by atoms with Crippen LogP contribution in [0.3, 0.4) is 0 Å². The van der Waals surface area contributed by atoms with Gasteiger partial charge in [-0.2, -0.15) is 0 Å². The van der Waals surface area contributed by atoms with Gasteiger partial charge in [-0.25, -0.2) is 8.42 Å². The van der Waals surface area contributed by atoms with Crippen LogP contribution in [0.2, 0.25) is 5.02 Å². The number of nitro benzene ring substituents is 1. The first kappa shape index (κ1) is 20.5. The van der Waals surface area contributed by atoms with E-state index in [9.17, 15) is 18.5 Å². The van der Waals surface area contributed by atoms with Crippen molar-refractivity contribution in [2.75, 3.05) is 25.1 Å². The SMILES string of the molecule is C=CCN(c1cc(OC)c(Cl)cc1OC)S(=O)(=O)c1ccc([N+](=O)[O-])cc1. The molecule has 0 aromatic heterocycles. The first-order valence-corrected chi connectivity index (χ1v) is 9.37. The fourth-order valence-corrected chi connectivity index (χ4v) is 4.02.